The molecule has 2 aliphatic rings. The third-order valence-corrected chi connectivity index (χ3v) is 3.47. The minimum Gasteiger partial charge on any atom is -0.345 e. The van der Waals surface area contributed by atoms with Crippen LogP contribution in [-0.4, -0.2) is 24.4 Å². The quantitative estimate of drug-likeness (QED) is 0.544. The molecule has 1 amide bonds. The molecule has 2 fully saturated rings. The summed E-state index contributed by atoms with van der Waals surface area (Å²) in [5, 5.41) is 0. The number of carbonyl (C=O) groups is 1. The van der Waals surface area contributed by atoms with Crippen molar-refractivity contribution in [2.24, 2.45) is 11.8 Å². The van der Waals surface area contributed by atoms with Crippen LogP contribution < -0.4 is 0 Å². The van der Waals surface area contributed by atoms with Gasteiger partial charge in [0.25, 0.3) is 0 Å². The lowest BCUT2D eigenvalue weighted by Gasteiger charge is -2.39. The van der Waals surface area contributed by atoms with Crippen LogP contribution in [0.2, 0.25) is 0 Å². The van der Waals surface area contributed by atoms with E-state index < -0.39 is 0 Å². The first-order valence-corrected chi connectivity index (χ1v) is 5.09. The van der Waals surface area contributed by atoms with E-state index in [1.54, 1.807) is 0 Å². The van der Waals surface area contributed by atoms with Crippen LogP contribution in [-0.2, 0) is 4.79 Å². The molecule has 0 aromatic heterocycles. The summed E-state index contributed by atoms with van der Waals surface area (Å²) >= 11 is 0. The van der Waals surface area contributed by atoms with Crippen molar-refractivity contribution < 1.29 is 4.79 Å². The second-order valence-electron chi connectivity index (χ2n) is 4.19. The zero-order valence-corrected chi connectivity index (χ0v) is 7.54. The highest BCUT2D eigenvalue weighted by molar-refractivity contribution is 5.47. The number of amides is 1. The molecule has 1 saturated heterocycles. The van der Waals surface area contributed by atoms with Crippen LogP contribution in [0.1, 0.15) is 32.1 Å². The van der Waals surface area contributed by atoms with Gasteiger partial charge in [-0.2, -0.15) is 0 Å². The minimum absolute atomic E-state index is 0.831. The van der Waals surface area contributed by atoms with Gasteiger partial charge in [0.1, 0.15) is 0 Å². The van der Waals surface area contributed by atoms with E-state index in [4.69, 9.17) is 0 Å². The van der Waals surface area contributed by atoms with E-state index in [1.165, 1.54) is 32.1 Å². The predicted molar refractivity (Wildman–Crippen MR) is 47.7 cm³/mol. The van der Waals surface area contributed by atoms with Crippen molar-refractivity contribution in [1.29, 1.82) is 0 Å². The first-order chi connectivity index (χ1) is 5.90. The normalized spacial score (nSPS) is 35.8. The number of hydrogen-bond acceptors (Lipinski definition) is 1. The Hall–Kier alpha value is -0.530. The first kappa shape index (κ1) is 8.09. The molecular formula is C10H17NO. The largest absolute Gasteiger partial charge is 0.345 e. The lowest BCUT2D eigenvalue weighted by molar-refractivity contribution is -0.120. The van der Waals surface area contributed by atoms with Crippen LogP contribution in [0.4, 0.5) is 0 Å². The van der Waals surface area contributed by atoms with Crippen molar-refractivity contribution in [3.63, 3.8) is 0 Å². The summed E-state index contributed by atoms with van der Waals surface area (Å²) in [5.41, 5.74) is 0. The average molecular weight is 167 g/mol. The second-order valence-corrected chi connectivity index (χ2v) is 4.19. The number of carbonyl (C=O) groups excluding carboxylic acids is 1. The average Bonchev–Trinajstić information content (AvgIpc) is 2.17. The Morgan fingerprint density at radius 2 is 1.83 bits per heavy atom. The fourth-order valence-electron chi connectivity index (χ4n) is 2.72. The Labute approximate surface area is 73.9 Å². The Kier molecular flexibility index (Phi) is 2.33. The van der Waals surface area contributed by atoms with Crippen molar-refractivity contribution in [2.75, 3.05) is 13.1 Å². The van der Waals surface area contributed by atoms with Gasteiger partial charge in [-0.05, 0) is 24.7 Å². The molecule has 0 spiro atoms. The molecule has 2 nitrogen and oxygen atoms in total. The maximum atomic E-state index is 10.6. The molecule has 0 bridgehead atoms. The number of likely N-dealkylation sites (tertiary alicyclic amines) is 1. The van der Waals surface area contributed by atoms with E-state index in [0.717, 1.165) is 31.3 Å². The number of hydrogen-bond donors (Lipinski definition) is 0. The summed E-state index contributed by atoms with van der Waals surface area (Å²) in [7, 11) is 0. The SMILES string of the molecule is O=CN1CCC2CCCC[C@@H]2C1. The van der Waals surface area contributed by atoms with E-state index in [-0.39, 0.29) is 0 Å². The molecule has 1 saturated carbocycles. The highest BCUT2D eigenvalue weighted by Crippen LogP contribution is 2.35. The van der Waals surface area contributed by atoms with Crippen LogP contribution in [0.25, 0.3) is 0 Å². The van der Waals surface area contributed by atoms with Gasteiger partial charge in [-0.15, -0.1) is 0 Å². The minimum atomic E-state index is 0.831. The lowest BCUT2D eigenvalue weighted by atomic mass is 9.75. The fraction of sp³-hybridized carbons (Fsp3) is 0.900. The van der Waals surface area contributed by atoms with Crippen molar-refractivity contribution in [1.82, 2.24) is 4.90 Å². The summed E-state index contributed by atoms with van der Waals surface area (Å²) in [6.45, 7) is 2.04. The fourth-order valence-corrected chi connectivity index (χ4v) is 2.72. The highest BCUT2D eigenvalue weighted by Gasteiger charge is 2.30. The second kappa shape index (κ2) is 3.46. The molecule has 1 aliphatic heterocycles. The molecule has 68 valence electrons. The molecule has 1 unspecified atom stereocenters. The van der Waals surface area contributed by atoms with Gasteiger partial charge in [-0.3, -0.25) is 4.79 Å². The van der Waals surface area contributed by atoms with Gasteiger partial charge < -0.3 is 4.90 Å². The smallest absolute Gasteiger partial charge is 0.209 e. The monoisotopic (exact) mass is 167 g/mol. The molecule has 0 N–H and O–H groups in total. The third kappa shape index (κ3) is 1.47. The Bertz CT molecular complexity index is 169. The van der Waals surface area contributed by atoms with E-state index in [0.29, 0.717) is 0 Å². The van der Waals surface area contributed by atoms with Crippen LogP contribution in [0, 0.1) is 11.8 Å². The van der Waals surface area contributed by atoms with Crippen LogP contribution in [0.15, 0.2) is 0 Å². The number of piperidine rings is 1. The zero-order valence-electron chi connectivity index (χ0n) is 7.54. The van der Waals surface area contributed by atoms with Crippen LogP contribution in [0.3, 0.4) is 0 Å². The third-order valence-electron chi connectivity index (χ3n) is 3.47. The van der Waals surface area contributed by atoms with Crippen LogP contribution in [0.5, 0.6) is 0 Å². The summed E-state index contributed by atoms with van der Waals surface area (Å²) in [6.07, 6.45) is 7.84. The van der Waals surface area contributed by atoms with Crippen molar-refractivity contribution >= 4 is 6.41 Å². The summed E-state index contributed by atoms with van der Waals surface area (Å²) in [4.78, 5) is 12.5. The van der Waals surface area contributed by atoms with Gasteiger partial charge in [-0.1, -0.05) is 19.3 Å². The van der Waals surface area contributed by atoms with E-state index in [1.807, 2.05) is 4.90 Å². The van der Waals surface area contributed by atoms with Crippen LogP contribution >= 0.6 is 0 Å². The molecule has 2 heteroatoms. The number of rotatable bonds is 1. The Morgan fingerprint density at radius 1 is 1.08 bits per heavy atom. The maximum absolute atomic E-state index is 10.6. The number of fused-ring (bicyclic) bond motifs is 1. The van der Waals surface area contributed by atoms with Gasteiger partial charge in [-0.25, -0.2) is 0 Å². The molecular weight excluding hydrogens is 150 g/mol. The van der Waals surface area contributed by atoms with Gasteiger partial charge in [0.2, 0.25) is 6.41 Å². The summed E-state index contributed by atoms with van der Waals surface area (Å²) < 4.78 is 0. The Balaban J connectivity index is 1.93. The van der Waals surface area contributed by atoms with Gasteiger partial charge in [0, 0.05) is 13.1 Å². The molecule has 0 aromatic carbocycles. The molecule has 1 heterocycles. The standard InChI is InChI=1S/C10H17NO/c12-8-11-6-5-9-3-1-2-4-10(9)7-11/h8-10H,1-7H2/t9?,10-/m1/s1. The predicted octanol–water partition coefficient (Wildman–Crippen LogP) is 1.65. The first-order valence-electron chi connectivity index (χ1n) is 5.09. The lowest BCUT2D eigenvalue weighted by Crippen LogP contribution is -2.40. The molecule has 2 atom stereocenters. The van der Waals surface area contributed by atoms with Gasteiger partial charge in [0.05, 0.1) is 0 Å². The van der Waals surface area contributed by atoms with Crippen molar-refractivity contribution in [3.8, 4) is 0 Å². The van der Waals surface area contributed by atoms with E-state index in [9.17, 15) is 4.79 Å². The van der Waals surface area contributed by atoms with Crippen molar-refractivity contribution in [2.45, 2.75) is 32.1 Å². The summed E-state index contributed by atoms with van der Waals surface area (Å²) in [5.74, 6) is 1.77. The van der Waals surface area contributed by atoms with Gasteiger partial charge >= 0.3 is 0 Å². The zero-order chi connectivity index (χ0) is 8.39. The Morgan fingerprint density at radius 3 is 2.58 bits per heavy atom. The molecule has 12 heavy (non-hydrogen) atoms. The van der Waals surface area contributed by atoms with E-state index in [2.05, 4.69) is 0 Å². The highest BCUT2D eigenvalue weighted by atomic mass is 16.1. The van der Waals surface area contributed by atoms with Crippen molar-refractivity contribution in [3.05, 3.63) is 0 Å². The topological polar surface area (TPSA) is 20.3 Å². The molecule has 0 aromatic rings. The summed E-state index contributed by atoms with van der Waals surface area (Å²) in [6, 6.07) is 0. The van der Waals surface area contributed by atoms with Gasteiger partial charge in [0.15, 0.2) is 0 Å². The molecule has 1 aliphatic carbocycles. The molecule has 2 rings (SSSR count). The molecule has 0 radical (unpaired) electrons. The van der Waals surface area contributed by atoms with E-state index >= 15 is 0 Å². The maximum Gasteiger partial charge on any atom is 0.209 e. The number of nitrogens with zero attached hydrogens (tertiary/aromatic N) is 1.